The molecule has 26 nitrogen and oxygen atoms in total. The summed E-state index contributed by atoms with van der Waals surface area (Å²) in [7, 11) is 2.16. The second kappa shape index (κ2) is 38.1. The average Bonchev–Trinajstić information content (AvgIpc) is 1.68. The third-order valence-corrected chi connectivity index (χ3v) is 19.7. The number of piperazine rings is 1. The van der Waals surface area contributed by atoms with Crippen LogP contribution in [0.4, 0.5) is 16.2 Å². The predicted molar refractivity (Wildman–Crippen MR) is 386 cm³/mol. The zero-order valence-electron chi connectivity index (χ0n) is 56.6. The molecule has 0 bridgehead atoms. The number of nitrogens with zero attached hydrogens (tertiary/aromatic N) is 10. The number of benzene rings is 4. The molecule has 0 radical (unpaired) electrons. The number of aryl methyl sites for hydroxylation is 2. The van der Waals surface area contributed by atoms with E-state index in [1.165, 1.54) is 22.4 Å². The molecule has 0 aliphatic carbocycles. The van der Waals surface area contributed by atoms with Gasteiger partial charge in [0, 0.05) is 144 Å². The van der Waals surface area contributed by atoms with Crippen molar-refractivity contribution in [3.8, 4) is 28.3 Å². The number of H-pyrrole nitrogens is 1. The third-order valence-electron chi connectivity index (χ3n) is 17.8. The zero-order valence-corrected chi connectivity index (χ0v) is 58.9. The molecule has 29 heteroatoms. The van der Waals surface area contributed by atoms with Gasteiger partial charge < -0.3 is 71.4 Å². The molecule has 0 spiro atoms. The number of aromatic nitrogens is 5. The molecule has 3 aliphatic heterocycles. The van der Waals surface area contributed by atoms with Gasteiger partial charge in [-0.1, -0.05) is 42.0 Å². The number of aromatic amines is 1. The number of anilines is 2. The number of carbonyl (C=O) groups excluding carboxylic acids is 8. The van der Waals surface area contributed by atoms with Crippen LogP contribution in [-0.2, 0) is 53.1 Å². The van der Waals surface area contributed by atoms with E-state index in [1.807, 2.05) is 60.3 Å². The predicted octanol–water partition coefficient (Wildman–Crippen LogP) is 5.36. The average molecular weight is 1420 g/mol. The number of rotatable bonds is 40. The number of thioether (sulfide) groups is 1. The van der Waals surface area contributed by atoms with Crippen molar-refractivity contribution in [3.05, 3.63) is 108 Å². The van der Waals surface area contributed by atoms with Gasteiger partial charge >= 0.3 is 6.03 Å². The summed E-state index contributed by atoms with van der Waals surface area (Å²) in [4.78, 5) is 123. The smallest absolute Gasteiger partial charge is 0.315 e. The van der Waals surface area contributed by atoms with Crippen molar-refractivity contribution in [1.82, 2.24) is 71.1 Å². The van der Waals surface area contributed by atoms with Gasteiger partial charge in [-0.05, 0) is 123 Å². The van der Waals surface area contributed by atoms with E-state index >= 15 is 0 Å². The summed E-state index contributed by atoms with van der Waals surface area (Å²) in [5.41, 5.74) is 14.2. The number of imidazole rings is 1. The molecule has 9 rings (SSSR count). The highest BCUT2D eigenvalue weighted by atomic mass is 35.5. The lowest BCUT2D eigenvalue weighted by Gasteiger charge is -2.34. The number of nitrogens with two attached hydrogens (primary N) is 1. The SMILES string of the molecule is CC(=O)N(CCNC(=O)CCCc1ccc(N(CCCl)CCCl)cc1)CC(=O)N(CC(=O)N(CCNC(=O)CCCCC1SCC2NC(=O)N[C@H]21)CC(N)=O)Cc1cn(CCCNC(=O)CCCOc2ccc(-c3nc4cc(-c5ccc(N6CCN(C)CC6)cc5)ccc4[nH]3)cc2)nn1. The van der Waals surface area contributed by atoms with Crippen LogP contribution in [0.5, 0.6) is 5.75 Å². The summed E-state index contributed by atoms with van der Waals surface area (Å²) < 4.78 is 7.55. The fraction of sp³-hybridized carbons (Fsp3) is 0.500. The minimum atomic E-state index is -0.805. The molecule has 3 atom stereocenters. The minimum Gasteiger partial charge on any atom is -0.494 e. The number of halogens is 2. The van der Waals surface area contributed by atoms with E-state index in [9.17, 15) is 38.4 Å². The highest BCUT2D eigenvalue weighted by Gasteiger charge is 2.42. The highest BCUT2D eigenvalue weighted by Crippen LogP contribution is 2.34. The Hall–Kier alpha value is -8.66. The van der Waals surface area contributed by atoms with Crippen LogP contribution in [0.3, 0.4) is 0 Å². The molecule has 2 aromatic heterocycles. The maximum absolute atomic E-state index is 14.3. The van der Waals surface area contributed by atoms with Crippen molar-refractivity contribution < 1.29 is 43.1 Å². The Bertz CT molecular complexity index is 3640. The van der Waals surface area contributed by atoms with Crippen LogP contribution in [0.15, 0.2) is 97.2 Å². The lowest BCUT2D eigenvalue weighted by atomic mass is 10.0. The van der Waals surface area contributed by atoms with Crippen molar-refractivity contribution in [2.75, 3.05) is 133 Å². The van der Waals surface area contributed by atoms with Gasteiger partial charge in [-0.2, -0.15) is 11.8 Å². The Kier molecular flexibility index (Phi) is 28.7. The first-order chi connectivity index (χ1) is 48.0. The molecule has 99 heavy (non-hydrogen) atoms. The summed E-state index contributed by atoms with van der Waals surface area (Å²) in [6, 6.07) is 30.8. The number of urea groups is 1. The van der Waals surface area contributed by atoms with Crippen molar-refractivity contribution in [2.45, 2.75) is 102 Å². The van der Waals surface area contributed by atoms with Crippen molar-refractivity contribution >= 4 is 105 Å². The van der Waals surface area contributed by atoms with Gasteiger partial charge in [0.2, 0.25) is 41.4 Å². The Labute approximate surface area is 592 Å². The van der Waals surface area contributed by atoms with Crippen LogP contribution in [0.25, 0.3) is 33.5 Å². The van der Waals surface area contributed by atoms with E-state index in [0.717, 1.165) is 94.5 Å². The van der Waals surface area contributed by atoms with Crippen molar-refractivity contribution in [2.24, 2.45) is 5.73 Å². The molecule has 3 fully saturated rings. The Morgan fingerprint density at radius 3 is 2.04 bits per heavy atom. The van der Waals surface area contributed by atoms with E-state index in [1.54, 1.807) is 10.9 Å². The molecular formula is C70H93Cl2N17O9S. The first kappa shape index (κ1) is 74.6. The number of likely N-dealkylation sites (N-methyl/N-ethyl adjacent to an activating group) is 1. The molecule has 4 aromatic carbocycles. The lowest BCUT2D eigenvalue weighted by molar-refractivity contribution is -0.145. The molecule has 532 valence electrons. The van der Waals surface area contributed by atoms with Gasteiger partial charge in [-0.3, -0.25) is 38.2 Å². The first-order valence-corrected chi connectivity index (χ1v) is 36.3. The molecular weight excluding hydrogens is 1330 g/mol. The lowest BCUT2D eigenvalue weighted by Crippen LogP contribution is -2.50. The number of ether oxygens (including phenoxy) is 1. The van der Waals surface area contributed by atoms with Crippen LogP contribution in [0, 0.1) is 0 Å². The van der Waals surface area contributed by atoms with Gasteiger partial charge in [0.15, 0.2) is 0 Å². The topological polar surface area (TPSA) is 311 Å². The van der Waals surface area contributed by atoms with Crippen LogP contribution < -0.4 is 46.9 Å². The standard InChI is InChI=1S/C70H93Cl2N17O9S/c1-49(90)86(35-30-75-64(93)11-5-8-50-13-20-55(21-14-50)84(33-27-71)34-28-72)46-67(96)88(47-66(95)87(45-62(73)91)36-31-76-63(92)10-4-3-9-61-68-60(48-99-61)79-70(97)80-68)43-54-44-89(82-81-54)32-7-29-74-65(94)12-6-41-98-57-24-17-52(18-25-57)69-77-58-26-19-53(42-59(58)78-69)51-15-22-56(23-16-51)85-39-37-83(2)38-40-85/h13-26,42,44,60-61,68H,3-12,27-41,43,45-48H2,1-2H3,(H2,73,91)(H,74,94)(H,75,93)(H,76,92)(H,77,78)(H2,79,80,97)/t60?,61?,68-/m1/s1. The summed E-state index contributed by atoms with van der Waals surface area (Å²) in [6.07, 6.45) is 6.84. The molecule has 5 heterocycles. The summed E-state index contributed by atoms with van der Waals surface area (Å²) in [5, 5.41) is 23.3. The number of hydrogen-bond donors (Lipinski definition) is 7. The molecule has 0 saturated carbocycles. The Morgan fingerprint density at radius 1 is 0.697 bits per heavy atom. The number of primary amides is 1. The Balaban J connectivity index is 0.717. The number of fused-ring (bicyclic) bond motifs is 2. The fourth-order valence-electron chi connectivity index (χ4n) is 12.3. The zero-order chi connectivity index (χ0) is 70.0. The van der Waals surface area contributed by atoms with Gasteiger partial charge in [0.1, 0.15) is 23.8 Å². The molecule has 6 aromatic rings. The van der Waals surface area contributed by atoms with Crippen LogP contribution in [0.2, 0.25) is 0 Å². The van der Waals surface area contributed by atoms with E-state index in [0.29, 0.717) is 88.1 Å². The van der Waals surface area contributed by atoms with Crippen LogP contribution in [0.1, 0.15) is 76.0 Å². The van der Waals surface area contributed by atoms with Crippen LogP contribution >= 0.6 is 35.0 Å². The second-order valence-electron chi connectivity index (χ2n) is 25.2. The Morgan fingerprint density at radius 2 is 1.34 bits per heavy atom. The second-order valence-corrected chi connectivity index (χ2v) is 27.3. The maximum atomic E-state index is 14.3. The third kappa shape index (κ3) is 23.2. The monoisotopic (exact) mass is 1420 g/mol. The van der Waals surface area contributed by atoms with Crippen molar-refractivity contribution in [1.29, 1.82) is 0 Å². The van der Waals surface area contributed by atoms with Gasteiger partial charge in [-0.25, -0.2) is 9.78 Å². The normalized spacial score (nSPS) is 15.8. The summed E-state index contributed by atoms with van der Waals surface area (Å²) >= 11 is 13.8. The number of alkyl halides is 2. The highest BCUT2D eigenvalue weighted by molar-refractivity contribution is 8.00. The number of amides is 9. The molecule has 2 unspecified atom stereocenters. The molecule has 9 amide bonds. The quantitative estimate of drug-likeness (QED) is 0.0145. The van der Waals surface area contributed by atoms with Crippen molar-refractivity contribution in [3.63, 3.8) is 0 Å². The fourth-order valence-corrected chi connectivity index (χ4v) is 14.2. The van der Waals surface area contributed by atoms with E-state index in [4.69, 9.17) is 38.7 Å². The van der Waals surface area contributed by atoms with Gasteiger partial charge in [-0.15, -0.1) is 28.3 Å². The van der Waals surface area contributed by atoms with Gasteiger partial charge in [0.05, 0.1) is 55.6 Å². The first-order valence-electron chi connectivity index (χ1n) is 34.2. The number of hydrogen-bond acceptors (Lipinski definition) is 16. The van der Waals surface area contributed by atoms with Crippen LogP contribution in [-0.4, -0.2) is 232 Å². The summed E-state index contributed by atoms with van der Waals surface area (Å²) in [5.74, 6) is 0.122. The van der Waals surface area contributed by atoms with E-state index in [2.05, 4.69) is 106 Å². The number of nitrogens with one attached hydrogen (secondary N) is 6. The van der Waals surface area contributed by atoms with E-state index < -0.39 is 43.3 Å². The molecule has 3 saturated heterocycles. The largest absolute Gasteiger partial charge is 0.494 e. The maximum Gasteiger partial charge on any atom is 0.315 e. The van der Waals surface area contributed by atoms with E-state index in [-0.39, 0.29) is 93.1 Å². The minimum absolute atomic E-state index is 0.00186. The number of unbranched alkanes of at least 4 members (excludes halogenated alkanes) is 1. The molecule has 3 aliphatic rings. The van der Waals surface area contributed by atoms with Gasteiger partial charge in [0.25, 0.3) is 0 Å². The molecule has 8 N–H and O–H groups in total. The number of carbonyl (C=O) groups is 8. The summed E-state index contributed by atoms with van der Waals surface area (Å²) in [6.45, 7) is 6.15.